The Kier molecular flexibility index (Phi) is 4.42. The molecule has 1 saturated heterocycles. The predicted molar refractivity (Wildman–Crippen MR) is 74.0 cm³/mol. The van der Waals surface area contributed by atoms with Gasteiger partial charge in [-0.15, -0.1) is 0 Å². The number of rotatable bonds is 4. The van der Waals surface area contributed by atoms with Crippen molar-refractivity contribution in [1.29, 1.82) is 0 Å². The largest absolute Gasteiger partial charge is 0.478 e. The van der Waals surface area contributed by atoms with Gasteiger partial charge in [-0.2, -0.15) is 4.98 Å². The van der Waals surface area contributed by atoms with Crippen LogP contribution in [0.5, 0.6) is 5.88 Å². The molecule has 2 N–H and O–H groups in total. The van der Waals surface area contributed by atoms with E-state index >= 15 is 0 Å². The number of piperidine rings is 1. The summed E-state index contributed by atoms with van der Waals surface area (Å²) in [5.41, 5.74) is 5.89. The van der Waals surface area contributed by atoms with Gasteiger partial charge >= 0.3 is 0 Å². The molecular weight excluding hydrogens is 226 g/mol. The van der Waals surface area contributed by atoms with Crippen molar-refractivity contribution in [3.8, 4) is 5.88 Å². The number of pyridine rings is 1. The lowest BCUT2D eigenvalue weighted by molar-refractivity contribution is 0.324. The minimum absolute atomic E-state index is 0.401. The lowest BCUT2D eigenvalue weighted by atomic mass is 9.92. The third kappa shape index (κ3) is 2.93. The van der Waals surface area contributed by atoms with Crippen LogP contribution in [0, 0.1) is 5.92 Å². The van der Waals surface area contributed by atoms with Gasteiger partial charge in [0.05, 0.1) is 6.61 Å². The second-order valence-corrected chi connectivity index (χ2v) is 4.98. The molecule has 0 aliphatic carbocycles. The summed E-state index contributed by atoms with van der Waals surface area (Å²) in [4.78, 5) is 6.88. The number of hydrogen-bond acceptors (Lipinski definition) is 4. The summed E-state index contributed by atoms with van der Waals surface area (Å²) in [5, 5.41) is 0. The Balaban J connectivity index is 2.16. The first-order valence-corrected chi connectivity index (χ1v) is 6.81. The summed E-state index contributed by atoms with van der Waals surface area (Å²) < 4.78 is 5.46. The van der Waals surface area contributed by atoms with Crippen LogP contribution in [0.15, 0.2) is 18.2 Å². The number of nitrogens with two attached hydrogens (primary N) is 1. The highest BCUT2D eigenvalue weighted by Crippen LogP contribution is 2.27. The van der Waals surface area contributed by atoms with Gasteiger partial charge in [-0.05, 0) is 31.7 Å². The minimum atomic E-state index is 0.401. The Morgan fingerprint density at radius 3 is 3.06 bits per heavy atom. The Labute approximate surface area is 109 Å². The third-order valence-corrected chi connectivity index (χ3v) is 3.55. The molecule has 4 nitrogen and oxygen atoms in total. The van der Waals surface area contributed by atoms with Crippen molar-refractivity contribution in [2.75, 3.05) is 24.6 Å². The summed E-state index contributed by atoms with van der Waals surface area (Å²) in [6, 6.07) is 6.34. The molecule has 1 aromatic heterocycles. The molecule has 0 spiro atoms. The van der Waals surface area contributed by atoms with Crippen LogP contribution in [0.1, 0.15) is 26.7 Å². The SMILES string of the molecule is CCOc1cccc(N2CCC(C)CC2CN)n1. The van der Waals surface area contributed by atoms with E-state index in [1.165, 1.54) is 6.42 Å². The Hall–Kier alpha value is -1.29. The first-order chi connectivity index (χ1) is 8.74. The molecule has 2 atom stereocenters. The molecule has 1 fully saturated rings. The van der Waals surface area contributed by atoms with Gasteiger partial charge in [-0.25, -0.2) is 0 Å². The maximum Gasteiger partial charge on any atom is 0.215 e. The van der Waals surface area contributed by atoms with Crippen molar-refractivity contribution in [1.82, 2.24) is 4.98 Å². The van der Waals surface area contributed by atoms with Gasteiger partial charge in [-0.1, -0.05) is 13.0 Å². The number of nitrogens with zero attached hydrogens (tertiary/aromatic N) is 2. The molecule has 0 radical (unpaired) electrons. The molecule has 1 aromatic rings. The normalized spacial score (nSPS) is 24.1. The van der Waals surface area contributed by atoms with Gasteiger partial charge in [0.2, 0.25) is 5.88 Å². The second kappa shape index (κ2) is 6.05. The quantitative estimate of drug-likeness (QED) is 0.887. The molecule has 1 aliphatic rings. The van der Waals surface area contributed by atoms with E-state index in [0.29, 0.717) is 25.1 Å². The second-order valence-electron chi connectivity index (χ2n) is 4.98. The predicted octanol–water partition coefficient (Wildman–Crippen LogP) is 2.04. The van der Waals surface area contributed by atoms with Gasteiger partial charge in [0.15, 0.2) is 0 Å². The van der Waals surface area contributed by atoms with Gasteiger partial charge in [0.1, 0.15) is 5.82 Å². The number of ether oxygens (including phenoxy) is 1. The third-order valence-electron chi connectivity index (χ3n) is 3.55. The van der Waals surface area contributed by atoms with Gasteiger partial charge in [0, 0.05) is 25.2 Å². The highest BCUT2D eigenvalue weighted by molar-refractivity contribution is 5.42. The van der Waals surface area contributed by atoms with Crippen LogP contribution in [0.2, 0.25) is 0 Å². The van der Waals surface area contributed by atoms with Crippen LogP contribution in [-0.2, 0) is 0 Å². The first kappa shape index (κ1) is 13.1. The van der Waals surface area contributed by atoms with Crippen LogP contribution >= 0.6 is 0 Å². The van der Waals surface area contributed by atoms with Crippen LogP contribution in [0.25, 0.3) is 0 Å². The Morgan fingerprint density at radius 1 is 1.50 bits per heavy atom. The van der Waals surface area contributed by atoms with Crippen LogP contribution < -0.4 is 15.4 Å². The Morgan fingerprint density at radius 2 is 2.33 bits per heavy atom. The first-order valence-electron chi connectivity index (χ1n) is 6.81. The molecule has 2 heterocycles. The molecule has 0 saturated carbocycles. The summed E-state index contributed by atoms with van der Waals surface area (Å²) in [7, 11) is 0. The van der Waals surface area contributed by atoms with Gasteiger partial charge < -0.3 is 15.4 Å². The average Bonchev–Trinajstić information content (AvgIpc) is 2.39. The van der Waals surface area contributed by atoms with E-state index in [1.54, 1.807) is 0 Å². The highest BCUT2D eigenvalue weighted by atomic mass is 16.5. The minimum Gasteiger partial charge on any atom is -0.478 e. The van der Waals surface area contributed by atoms with Gasteiger partial charge in [-0.3, -0.25) is 0 Å². The molecular formula is C14H23N3O. The number of hydrogen-bond donors (Lipinski definition) is 1. The maximum absolute atomic E-state index is 5.89. The summed E-state index contributed by atoms with van der Waals surface area (Å²) in [6.07, 6.45) is 2.36. The van der Waals surface area contributed by atoms with Crippen LogP contribution in [-0.4, -0.2) is 30.7 Å². The van der Waals surface area contributed by atoms with E-state index in [0.717, 1.165) is 24.7 Å². The van der Waals surface area contributed by atoms with E-state index in [1.807, 2.05) is 25.1 Å². The molecule has 1 aliphatic heterocycles. The fourth-order valence-electron chi connectivity index (χ4n) is 2.57. The molecule has 2 unspecified atom stereocenters. The fraction of sp³-hybridized carbons (Fsp3) is 0.643. The molecule has 0 bridgehead atoms. The Bertz CT molecular complexity index is 383. The van der Waals surface area contributed by atoms with E-state index in [-0.39, 0.29) is 0 Å². The highest BCUT2D eigenvalue weighted by Gasteiger charge is 2.26. The van der Waals surface area contributed by atoms with E-state index < -0.39 is 0 Å². The summed E-state index contributed by atoms with van der Waals surface area (Å²) >= 11 is 0. The number of aromatic nitrogens is 1. The molecule has 2 rings (SSSR count). The van der Waals surface area contributed by atoms with Crippen molar-refractivity contribution < 1.29 is 4.74 Å². The van der Waals surface area contributed by atoms with Crippen LogP contribution in [0.4, 0.5) is 5.82 Å². The van der Waals surface area contributed by atoms with Crippen molar-refractivity contribution in [2.45, 2.75) is 32.7 Å². The van der Waals surface area contributed by atoms with Crippen LogP contribution in [0.3, 0.4) is 0 Å². The zero-order valence-corrected chi connectivity index (χ0v) is 11.3. The van der Waals surface area contributed by atoms with E-state index in [2.05, 4.69) is 16.8 Å². The lowest BCUT2D eigenvalue weighted by Gasteiger charge is -2.38. The fourth-order valence-corrected chi connectivity index (χ4v) is 2.57. The topological polar surface area (TPSA) is 51.4 Å². The zero-order chi connectivity index (χ0) is 13.0. The monoisotopic (exact) mass is 249 g/mol. The molecule has 0 amide bonds. The zero-order valence-electron chi connectivity index (χ0n) is 11.3. The average molecular weight is 249 g/mol. The van der Waals surface area contributed by atoms with Crippen molar-refractivity contribution >= 4 is 5.82 Å². The maximum atomic E-state index is 5.89. The van der Waals surface area contributed by atoms with E-state index in [9.17, 15) is 0 Å². The lowest BCUT2D eigenvalue weighted by Crippen LogP contribution is -2.46. The molecule has 18 heavy (non-hydrogen) atoms. The van der Waals surface area contributed by atoms with Crippen molar-refractivity contribution in [3.63, 3.8) is 0 Å². The molecule has 100 valence electrons. The molecule has 0 aromatic carbocycles. The van der Waals surface area contributed by atoms with Crippen molar-refractivity contribution in [3.05, 3.63) is 18.2 Å². The summed E-state index contributed by atoms with van der Waals surface area (Å²) in [5.74, 6) is 2.44. The summed E-state index contributed by atoms with van der Waals surface area (Å²) in [6.45, 7) is 6.63. The van der Waals surface area contributed by atoms with Crippen molar-refractivity contribution in [2.24, 2.45) is 11.7 Å². The molecule has 4 heteroatoms. The van der Waals surface area contributed by atoms with E-state index in [4.69, 9.17) is 10.5 Å². The standard InChI is InChI=1S/C14H23N3O/c1-3-18-14-6-4-5-13(16-14)17-8-7-11(2)9-12(17)10-15/h4-6,11-12H,3,7-10,15H2,1-2H3. The number of anilines is 1. The smallest absolute Gasteiger partial charge is 0.215 e. The van der Waals surface area contributed by atoms with Gasteiger partial charge in [0.25, 0.3) is 0 Å².